The van der Waals surface area contributed by atoms with E-state index in [1.807, 2.05) is 30.5 Å². The Morgan fingerprint density at radius 1 is 1.53 bits per heavy atom. The van der Waals surface area contributed by atoms with Crippen molar-refractivity contribution in [1.29, 1.82) is 0 Å². The Morgan fingerprint density at radius 3 is 3.16 bits per heavy atom. The largest absolute Gasteiger partial charge is 0.361 e. The number of unbranched alkanes of at least 4 members (excludes halogenated alkanes) is 1. The highest BCUT2D eigenvalue weighted by Gasteiger charge is 2.20. The molecule has 1 fully saturated rings. The second-order valence-corrected chi connectivity index (χ2v) is 6.49. The molecule has 0 aliphatic carbocycles. The van der Waals surface area contributed by atoms with E-state index in [-0.39, 0.29) is 0 Å². The molecule has 1 N–H and O–H groups in total. The van der Waals surface area contributed by atoms with Crippen LogP contribution in [-0.4, -0.2) is 33.1 Å². The first-order valence-corrected chi connectivity index (χ1v) is 8.12. The predicted octanol–water partition coefficient (Wildman–Crippen LogP) is 2.77. The first kappa shape index (κ1) is 14.4. The Bertz CT molecular complexity index is 386. The Morgan fingerprint density at radius 2 is 2.42 bits per heavy atom. The fourth-order valence-corrected chi connectivity index (χ4v) is 3.24. The monoisotopic (exact) mass is 280 g/mol. The van der Waals surface area contributed by atoms with Gasteiger partial charge in [0, 0.05) is 37.3 Å². The molecule has 1 aliphatic rings. The van der Waals surface area contributed by atoms with E-state index in [1.54, 1.807) is 0 Å². The predicted molar refractivity (Wildman–Crippen MR) is 82.6 cm³/mol. The van der Waals surface area contributed by atoms with E-state index in [4.69, 9.17) is 0 Å². The second-order valence-electron chi connectivity index (χ2n) is 5.48. The van der Waals surface area contributed by atoms with Crippen molar-refractivity contribution in [2.75, 3.05) is 12.3 Å². The molecule has 1 unspecified atom stereocenters. The van der Waals surface area contributed by atoms with Crippen LogP contribution >= 0.6 is 11.8 Å². The number of aromatic nitrogens is 2. The minimum Gasteiger partial charge on any atom is -0.361 e. The Hall–Kier alpha value is -0.970. The number of thioether (sulfide) groups is 1. The number of imidazole rings is 1. The van der Waals surface area contributed by atoms with Gasteiger partial charge >= 0.3 is 0 Å². The lowest BCUT2D eigenvalue weighted by molar-refractivity contribution is 0.502. The van der Waals surface area contributed by atoms with Crippen molar-refractivity contribution in [3.63, 3.8) is 0 Å². The zero-order chi connectivity index (χ0) is 13.5. The zero-order valence-corrected chi connectivity index (χ0v) is 12.7. The smallest absolute Gasteiger partial charge is 0.156 e. The molecule has 0 spiro atoms. The Labute approximate surface area is 120 Å². The van der Waals surface area contributed by atoms with Gasteiger partial charge in [0.2, 0.25) is 0 Å². The summed E-state index contributed by atoms with van der Waals surface area (Å²) in [5.41, 5.74) is 0. The van der Waals surface area contributed by atoms with Gasteiger partial charge < -0.3 is 9.88 Å². The SMILES string of the molecule is CC(C)CC1CSC(=NCCCCn2ccnc2)N1. The van der Waals surface area contributed by atoms with Crippen LogP contribution in [0.25, 0.3) is 0 Å². The van der Waals surface area contributed by atoms with Gasteiger partial charge in [-0.3, -0.25) is 4.99 Å². The topological polar surface area (TPSA) is 42.2 Å². The molecule has 106 valence electrons. The van der Waals surface area contributed by atoms with Gasteiger partial charge in [-0.25, -0.2) is 4.98 Å². The van der Waals surface area contributed by atoms with Crippen LogP contribution in [0.2, 0.25) is 0 Å². The summed E-state index contributed by atoms with van der Waals surface area (Å²) < 4.78 is 2.12. The molecule has 19 heavy (non-hydrogen) atoms. The molecule has 0 amide bonds. The van der Waals surface area contributed by atoms with Crippen LogP contribution in [0.5, 0.6) is 0 Å². The molecular weight excluding hydrogens is 256 g/mol. The summed E-state index contributed by atoms with van der Waals surface area (Å²) in [7, 11) is 0. The fourth-order valence-electron chi connectivity index (χ4n) is 2.23. The van der Waals surface area contributed by atoms with E-state index in [0.717, 1.165) is 37.0 Å². The number of nitrogens with one attached hydrogen (secondary N) is 1. The van der Waals surface area contributed by atoms with E-state index in [0.29, 0.717) is 6.04 Å². The Kier molecular flexibility index (Phi) is 5.76. The molecule has 1 atom stereocenters. The minimum atomic E-state index is 0.620. The van der Waals surface area contributed by atoms with Crippen LogP contribution in [-0.2, 0) is 6.54 Å². The highest BCUT2D eigenvalue weighted by Crippen LogP contribution is 2.19. The van der Waals surface area contributed by atoms with Gasteiger partial charge in [0.05, 0.1) is 6.33 Å². The quantitative estimate of drug-likeness (QED) is 0.781. The van der Waals surface area contributed by atoms with Crippen molar-refractivity contribution >= 4 is 16.9 Å². The van der Waals surface area contributed by atoms with Crippen LogP contribution in [0.3, 0.4) is 0 Å². The molecule has 1 aliphatic heterocycles. The van der Waals surface area contributed by atoms with Crippen molar-refractivity contribution < 1.29 is 0 Å². The van der Waals surface area contributed by atoms with Gasteiger partial charge in [-0.2, -0.15) is 0 Å². The maximum Gasteiger partial charge on any atom is 0.156 e. The summed E-state index contributed by atoms with van der Waals surface area (Å²) in [6.07, 6.45) is 9.25. The van der Waals surface area contributed by atoms with Gasteiger partial charge in [-0.05, 0) is 25.2 Å². The third-order valence-corrected chi connectivity index (χ3v) is 4.23. The normalized spacial score (nSPS) is 21.2. The first-order valence-electron chi connectivity index (χ1n) is 7.13. The summed E-state index contributed by atoms with van der Waals surface area (Å²) in [5, 5.41) is 4.67. The number of aliphatic imine (C=N–C) groups is 1. The van der Waals surface area contributed by atoms with Gasteiger partial charge in [0.15, 0.2) is 5.17 Å². The third kappa shape index (κ3) is 5.27. The van der Waals surface area contributed by atoms with Crippen molar-refractivity contribution in [3.05, 3.63) is 18.7 Å². The average Bonchev–Trinajstić information content (AvgIpc) is 3.00. The fraction of sp³-hybridized carbons (Fsp3) is 0.714. The summed E-state index contributed by atoms with van der Waals surface area (Å²) in [6, 6.07) is 0.620. The molecule has 1 aromatic rings. The van der Waals surface area contributed by atoms with Crippen molar-refractivity contribution in [3.8, 4) is 0 Å². The number of aryl methyl sites for hydroxylation is 1. The zero-order valence-electron chi connectivity index (χ0n) is 11.9. The highest BCUT2D eigenvalue weighted by atomic mass is 32.2. The lowest BCUT2D eigenvalue weighted by atomic mass is 10.1. The van der Waals surface area contributed by atoms with E-state index >= 15 is 0 Å². The number of nitrogens with zero attached hydrogens (tertiary/aromatic N) is 3. The number of amidine groups is 1. The standard InChI is InChI=1S/C14H24N4S/c1-12(2)9-13-10-19-14(17-13)16-5-3-4-7-18-8-6-15-11-18/h6,8,11-13H,3-5,7,9-10H2,1-2H3,(H,16,17). The van der Waals surface area contributed by atoms with Gasteiger partial charge in [-0.15, -0.1) is 0 Å². The van der Waals surface area contributed by atoms with E-state index in [9.17, 15) is 0 Å². The molecule has 2 rings (SSSR count). The number of rotatable bonds is 7. The third-order valence-electron chi connectivity index (χ3n) is 3.14. The highest BCUT2D eigenvalue weighted by molar-refractivity contribution is 8.14. The van der Waals surface area contributed by atoms with E-state index in [2.05, 4.69) is 33.7 Å². The van der Waals surface area contributed by atoms with Crippen LogP contribution in [0.15, 0.2) is 23.7 Å². The second kappa shape index (κ2) is 7.58. The van der Waals surface area contributed by atoms with Crippen LogP contribution in [0.4, 0.5) is 0 Å². The van der Waals surface area contributed by atoms with E-state index in [1.165, 1.54) is 12.2 Å². The summed E-state index contributed by atoms with van der Waals surface area (Å²) in [4.78, 5) is 8.68. The molecule has 5 heteroatoms. The lowest BCUT2D eigenvalue weighted by Gasteiger charge is -2.11. The lowest BCUT2D eigenvalue weighted by Crippen LogP contribution is -2.28. The molecule has 2 heterocycles. The first-order chi connectivity index (χ1) is 9.24. The number of hydrogen-bond acceptors (Lipinski definition) is 3. The molecule has 0 bridgehead atoms. The van der Waals surface area contributed by atoms with Crippen LogP contribution in [0, 0.1) is 5.92 Å². The minimum absolute atomic E-state index is 0.620. The molecular formula is C14H24N4S. The molecule has 4 nitrogen and oxygen atoms in total. The maximum atomic E-state index is 4.64. The van der Waals surface area contributed by atoms with Crippen molar-refractivity contribution in [1.82, 2.24) is 14.9 Å². The van der Waals surface area contributed by atoms with Gasteiger partial charge in [-0.1, -0.05) is 25.6 Å². The summed E-state index contributed by atoms with van der Waals surface area (Å²) >= 11 is 1.87. The molecule has 1 saturated heterocycles. The molecule has 0 radical (unpaired) electrons. The van der Waals surface area contributed by atoms with E-state index < -0.39 is 0 Å². The maximum absolute atomic E-state index is 4.64. The van der Waals surface area contributed by atoms with Gasteiger partial charge in [0.25, 0.3) is 0 Å². The van der Waals surface area contributed by atoms with Crippen molar-refractivity contribution in [2.24, 2.45) is 10.9 Å². The van der Waals surface area contributed by atoms with Crippen LogP contribution in [0.1, 0.15) is 33.1 Å². The average molecular weight is 280 g/mol. The van der Waals surface area contributed by atoms with Crippen molar-refractivity contribution in [2.45, 2.75) is 45.7 Å². The summed E-state index contributed by atoms with van der Waals surface area (Å²) in [6.45, 7) is 6.52. The molecule has 0 aromatic carbocycles. The molecule has 1 aromatic heterocycles. The molecule has 0 saturated carbocycles. The van der Waals surface area contributed by atoms with Gasteiger partial charge in [0.1, 0.15) is 0 Å². The Balaban J connectivity index is 1.58. The van der Waals surface area contributed by atoms with Crippen LogP contribution < -0.4 is 5.32 Å². The number of hydrogen-bond donors (Lipinski definition) is 1. The summed E-state index contributed by atoms with van der Waals surface area (Å²) in [5.74, 6) is 1.93.